The molecule has 2 aromatic heterocycles. The Labute approximate surface area is 223 Å². The Morgan fingerprint density at radius 2 is 1.43 bits per heavy atom. The first-order chi connectivity index (χ1) is 17.9. The lowest BCUT2D eigenvalue weighted by Crippen LogP contribution is -2.25. The number of rotatable bonds is 7. The van der Waals surface area contributed by atoms with Crippen molar-refractivity contribution in [2.24, 2.45) is 0 Å². The fourth-order valence-electron chi connectivity index (χ4n) is 5.71. The van der Waals surface area contributed by atoms with E-state index < -0.39 is 0 Å². The summed E-state index contributed by atoms with van der Waals surface area (Å²) in [5.41, 5.74) is 5.94. The minimum absolute atomic E-state index is 0.204. The Morgan fingerprint density at radius 3 is 2.22 bits per heavy atom. The number of fused-ring (bicyclic) bond motifs is 6. The number of nitrogens with zero attached hydrogens (tertiary/aromatic N) is 1. The maximum absolute atomic E-state index is 6.08. The van der Waals surface area contributed by atoms with Gasteiger partial charge in [0.25, 0.3) is 0 Å². The summed E-state index contributed by atoms with van der Waals surface area (Å²) in [7, 11) is 0. The van der Waals surface area contributed by atoms with Crippen molar-refractivity contribution in [1.82, 2.24) is 0 Å². The van der Waals surface area contributed by atoms with E-state index in [1.807, 2.05) is 23.5 Å². The smallest absolute Gasteiger partial charge is 0.135 e. The highest BCUT2D eigenvalue weighted by Gasteiger charge is 2.21. The van der Waals surface area contributed by atoms with Crippen LogP contribution in [0.25, 0.3) is 42.1 Å². The summed E-state index contributed by atoms with van der Waals surface area (Å²) in [5.74, 6) is 0. The molecule has 2 heterocycles. The van der Waals surface area contributed by atoms with Crippen molar-refractivity contribution < 1.29 is 4.42 Å². The molecular formula is C34H35NOS. The van der Waals surface area contributed by atoms with Gasteiger partial charge in [0.05, 0.1) is 0 Å². The third-order valence-electron chi connectivity index (χ3n) is 7.83. The van der Waals surface area contributed by atoms with Gasteiger partial charge in [0.2, 0.25) is 0 Å². The first-order valence-corrected chi connectivity index (χ1v) is 14.3. The van der Waals surface area contributed by atoms with Crippen molar-refractivity contribution in [3.8, 4) is 0 Å². The lowest BCUT2D eigenvalue weighted by atomic mass is 9.80. The molecule has 4 aromatic carbocycles. The Hall–Kier alpha value is -3.30. The Bertz CT molecular complexity index is 1740. The van der Waals surface area contributed by atoms with Crippen LogP contribution in [0.3, 0.4) is 0 Å². The zero-order chi connectivity index (χ0) is 25.7. The van der Waals surface area contributed by atoms with Gasteiger partial charge in [0.15, 0.2) is 0 Å². The molecule has 0 spiro atoms. The Kier molecular flexibility index (Phi) is 6.00. The molecule has 0 aliphatic rings. The van der Waals surface area contributed by atoms with Crippen molar-refractivity contribution in [2.45, 2.75) is 65.3 Å². The van der Waals surface area contributed by atoms with Gasteiger partial charge in [-0.25, -0.2) is 0 Å². The number of hydrogen-bond donors (Lipinski definition) is 0. The second kappa shape index (κ2) is 9.22. The number of furan rings is 1. The summed E-state index contributed by atoms with van der Waals surface area (Å²) in [4.78, 5) is 2.43. The highest BCUT2D eigenvalue weighted by molar-refractivity contribution is 7.25. The van der Waals surface area contributed by atoms with Crippen LogP contribution in [0.5, 0.6) is 0 Å². The van der Waals surface area contributed by atoms with Crippen molar-refractivity contribution in [3.05, 3.63) is 84.4 Å². The van der Waals surface area contributed by atoms with Crippen LogP contribution in [-0.2, 0) is 5.41 Å². The van der Waals surface area contributed by atoms with Gasteiger partial charge in [0.1, 0.15) is 11.2 Å². The predicted molar refractivity (Wildman–Crippen MR) is 163 cm³/mol. The van der Waals surface area contributed by atoms with E-state index >= 15 is 0 Å². The molecule has 0 bridgehead atoms. The number of para-hydroxylation sites is 1. The van der Waals surface area contributed by atoms with E-state index in [1.54, 1.807) is 0 Å². The summed E-state index contributed by atoms with van der Waals surface area (Å²) < 4.78 is 8.81. The van der Waals surface area contributed by atoms with Crippen LogP contribution in [0.4, 0.5) is 11.4 Å². The molecule has 6 rings (SSSR count). The number of hydrogen-bond acceptors (Lipinski definition) is 3. The average Bonchev–Trinajstić information content (AvgIpc) is 3.44. The fraction of sp³-hybridized carbons (Fsp3) is 0.294. The number of thiophene rings is 1. The van der Waals surface area contributed by atoms with Gasteiger partial charge in [0, 0.05) is 48.4 Å². The van der Waals surface area contributed by atoms with Gasteiger partial charge < -0.3 is 9.32 Å². The molecule has 0 saturated carbocycles. The van der Waals surface area contributed by atoms with E-state index in [-0.39, 0.29) is 5.41 Å². The minimum Gasteiger partial charge on any atom is -0.456 e. The molecule has 0 atom stereocenters. The summed E-state index contributed by atoms with van der Waals surface area (Å²) in [6.07, 6.45) is 3.74. The zero-order valence-electron chi connectivity index (χ0n) is 22.5. The number of benzene rings is 4. The molecule has 0 unspecified atom stereocenters. The largest absolute Gasteiger partial charge is 0.456 e. The molecule has 0 aliphatic heterocycles. The summed E-state index contributed by atoms with van der Waals surface area (Å²) >= 11 is 1.92. The first-order valence-electron chi connectivity index (χ1n) is 13.5. The molecular weight excluding hydrogens is 470 g/mol. The zero-order valence-corrected chi connectivity index (χ0v) is 23.3. The van der Waals surface area contributed by atoms with Gasteiger partial charge in [-0.05, 0) is 73.7 Å². The van der Waals surface area contributed by atoms with Gasteiger partial charge in [-0.3, -0.25) is 0 Å². The van der Waals surface area contributed by atoms with E-state index in [9.17, 15) is 0 Å². The van der Waals surface area contributed by atoms with E-state index in [4.69, 9.17) is 4.42 Å². The van der Waals surface area contributed by atoms with Crippen molar-refractivity contribution in [1.29, 1.82) is 0 Å². The fourth-order valence-corrected chi connectivity index (χ4v) is 6.89. The quantitative estimate of drug-likeness (QED) is 0.214. The third kappa shape index (κ3) is 4.20. The van der Waals surface area contributed by atoms with Crippen LogP contribution < -0.4 is 4.90 Å². The molecule has 0 radical (unpaired) electrons. The van der Waals surface area contributed by atoms with Gasteiger partial charge in [-0.2, -0.15) is 0 Å². The van der Waals surface area contributed by atoms with Crippen LogP contribution in [0, 0.1) is 0 Å². The lowest BCUT2D eigenvalue weighted by molar-refractivity contribution is 0.458. The molecule has 37 heavy (non-hydrogen) atoms. The lowest BCUT2D eigenvalue weighted by Gasteiger charge is -2.29. The minimum atomic E-state index is 0.204. The molecule has 188 valence electrons. The summed E-state index contributed by atoms with van der Waals surface area (Å²) in [5, 5.41) is 5.05. The first kappa shape index (κ1) is 24.1. The van der Waals surface area contributed by atoms with E-state index in [0.29, 0.717) is 6.04 Å². The van der Waals surface area contributed by atoms with Crippen molar-refractivity contribution in [2.75, 3.05) is 4.90 Å². The SMILES string of the molecule is CCCCC(C)(C)c1ccc2c(c1)sc1cc(N(c3ccc4oc5ccccc5c4c3)C(C)C)ccc12. The molecule has 0 N–H and O–H groups in total. The molecule has 6 aromatic rings. The van der Waals surface area contributed by atoms with Crippen LogP contribution in [-0.4, -0.2) is 6.04 Å². The summed E-state index contributed by atoms with van der Waals surface area (Å²) in [6.45, 7) is 11.6. The number of unbranched alkanes of at least 4 members (excludes halogenated alkanes) is 1. The number of anilines is 2. The topological polar surface area (TPSA) is 16.4 Å². The van der Waals surface area contributed by atoms with Gasteiger partial charge >= 0.3 is 0 Å². The standard InChI is InChI=1S/C34H35NOS/c1-6-7-18-34(4,5)23-12-15-27-28-16-13-25(21-33(28)37-32(27)19-23)35(22(2)3)24-14-17-31-29(20-24)26-10-8-9-11-30(26)36-31/h8-17,19-22H,6-7,18H2,1-5H3. The van der Waals surface area contributed by atoms with Crippen molar-refractivity contribution in [3.63, 3.8) is 0 Å². The van der Waals surface area contributed by atoms with Crippen LogP contribution in [0.2, 0.25) is 0 Å². The molecule has 0 amide bonds. The maximum Gasteiger partial charge on any atom is 0.135 e. The highest BCUT2D eigenvalue weighted by atomic mass is 32.1. The van der Waals surface area contributed by atoms with Crippen LogP contribution in [0.15, 0.2) is 83.3 Å². The molecule has 0 saturated heterocycles. The second-order valence-electron chi connectivity index (χ2n) is 11.2. The van der Waals surface area contributed by atoms with Crippen LogP contribution in [0.1, 0.15) is 59.4 Å². The highest BCUT2D eigenvalue weighted by Crippen LogP contribution is 2.41. The molecule has 3 heteroatoms. The molecule has 0 fully saturated rings. The monoisotopic (exact) mass is 505 g/mol. The molecule has 0 aliphatic carbocycles. The Balaban J connectivity index is 1.43. The van der Waals surface area contributed by atoms with E-state index in [2.05, 4.69) is 106 Å². The van der Waals surface area contributed by atoms with Crippen molar-refractivity contribution >= 4 is 64.8 Å². The van der Waals surface area contributed by atoms with Gasteiger partial charge in [-0.15, -0.1) is 11.3 Å². The Morgan fingerprint density at radius 1 is 0.757 bits per heavy atom. The third-order valence-corrected chi connectivity index (χ3v) is 8.94. The predicted octanol–water partition coefficient (Wildman–Crippen LogP) is 11.0. The molecule has 2 nitrogen and oxygen atoms in total. The van der Waals surface area contributed by atoms with E-state index in [1.165, 1.54) is 67.1 Å². The second-order valence-corrected chi connectivity index (χ2v) is 12.3. The van der Waals surface area contributed by atoms with E-state index in [0.717, 1.165) is 11.2 Å². The average molecular weight is 506 g/mol. The normalized spacial score (nSPS) is 12.5. The maximum atomic E-state index is 6.08. The van der Waals surface area contributed by atoms with Gasteiger partial charge in [-0.1, -0.05) is 70.0 Å². The van der Waals surface area contributed by atoms with Crippen LogP contribution >= 0.6 is 11.3 Å². The summed E-state index contributed by atoms with van der Waals surface area (Å²) in [6, 6.07) is 29.3.